The molecule has 1 fully saturated rings. The van der Waals surface area contributed by atoms with Crippen molar-refractivity contribution in [3.05, 3.63) is 36.0 Å². The molecule has 1 aliphatic rings. The second-order valence-corrected chi connectivity index (χ2v) is 8.14. The highest BCUT2D eigenvalue weighted by Crippen LogP contribution is 2.28. The number of aryl methyl sites for hydroxylation is 1. The summed E-state index contributed by atoms with van der Waals surface area (Å²) in [4.78, 5) is 24.5. The number of primary amides is 1. The number of fused-ring (bicyclic) bond motifs is 1. The Hall–Kier alpha value is -2.30. The third kappa shape index (κ3) is 4.52. The highest BCUT2D eigenvalue weighted by atomic mass is 16.2. The fraction of sp³-hybridized carbons (Fsp3) is 0.545. The number of aromatic nitrogens is 1. The molecule has 0 radical (unpaired) electrons. The van der Waals surface area contributed by atoms with Gasteiger partial charge in [-0.1, -0.05) is 64.2 Å². The lowest BCUT2D eigenvalue weighted by Crippen LogP contribution is -2.47. The molecule has 1 aliphatic carbocycles. The van der Waals surface area contributed by atoms with Crippen LogP contribution in [0.15, 0.2) is 30.5 Å². The number of amides is 2. The van der Waals surface area contributed by atoms with E-state index in [-0.39, 0.29) is 11.8 Å². The predicted molar refractivity (Wildman–Crippen MR) is 108 cm³/mol. The lowest BCUT2D eigenvalue weighted by atomic mass is 9.87. The van der Waals surface area contributed by atoms with Crippen molar-refractivity contribution in [1.82, 2.24) is 9.88 Å². The molecule has 5 heteroatoms. The molecule has 27 heavy (non-hydrogen) atoms. The molecule has 1 aromatic carbocycles. The van der Waals surface area contributed by atoms with E-state index in [4.69, 9.17) is 5.73 Å². The van der Waals surface area contributed by atoms with Crippen molar-refractivity contribution < 1.29 is 9.59 Å². The van der Waals surface area contributed by atoms with E-state index in [1.54, 1.807) is 0 Å². The van der Waals surface area contributed by atoms with E-state index in [0.717, 1.165) is 29.8 Å². The zero-order chi connectivity index (χ0) is 19.4. The van der Waals surface area contributed by atoms with Gasteiger partial charge >= 0.3 is 0 Å². The van der Waals surface area contributed by atoms with Gasteiger partial charge in [0.05, 0.1) is 5.56 Å². The standard InChI is InChI=1S/C22H31N3O2/c1-15(2)20(21(23)26)24-22(27)18-14-25(19-11-7-6-10-17(18)19)13-12-16-8-4-3-5-9-16/h6-7,10-11,14-16,20H,3-5,8-9,12-13H2,1-2H3,(H2,23,26)(H,24,27)/t20-/m0/s1. The third-order valence-electron chi connectivity index (χ3n) is 5.80. The molecule has 146 valence electrons. The number of benzene rings is 1. The summed E-state index contributed by atoms with van der Waals surface area (Å²) in [7, 11) is 0. The van der Waals surface area contributed by atoms with Crippen molar-refractivity contribution in [2.24, 2.45) is 17.6 Å². The lowest BCUT2D eigenvalue weighted by molar-refractivity contribution is -0.120. The first kappa shape index (κ1) is 19.5. The smallest absolute Gasteiger partial charge is 0.254 e. The SMILES string of the molecule is CC(C)[C@H](NC(=O)c1cn(CCC2CCCCC2)c2ccccc12)C(N)=O. The van der Waals surface area contributed by atoms with Crippen molar-refractivity contribution in [2.45, 2.75) is 65.0 Å². The maximum absolute atomic E-state index is 12.9. The van der Waals surface area contributed by atoms with Crippen molar-refractivity contribution in [1.29, 1.82) is 0 Å². The molecule has 1 saturated carbocycles. The van der Waals surface area contributed by atoms with Gasteiger partial charge in [-0.15, -0.1) is 0 Å². The molecule has 1 heterocycles. The van der Waals surface area contributed by atoms with Crippen molar-refractivity contribution in [3.8, 4) is 0 Å². The summed E-state index contributed by atoms with van der Waals surface area (Å²) in [5.41, 5.74) is 7.13. The molecule has 0 aliphatic heterocycles. The Balaban J connectivity index is 1.81. The number of nitrogens with one attached hydrogen (secondary N) is 1. The normalized spacial score (nSPS) is 16.6. The van der Waals surface area contributed by atoms with Gasteiger partial charge in [-0.05, 0) is 24.3 Å². The molecule has 3 N–H and O–H groups in total. The molecular formula is C22H31N3O2. The number of hydrogen-bond acceptors (Lipinski definition) is 2. The van der Waals surface area contributed by atoms with Gasteiger partial charge in [0.1, 0.15) is 6.04 Å². The molecule has 2 amide bonds. The van der Waals surface area contributed by atoms with Gasteiger partial charge in [0.25, 0.3) is 5.91 Å². The van der Waals surface area contributed by atoms with Gasteiger partial charge in [-0.3, -0.25) is 9.59 Å². The molecule has 2 aromatic rings. The van der Waals surface area contributed by atoms with E-state index in [9.17, 15) is 9.59 Å². The minimum Gasteiger partial charge on any atom is -0.368 e. The number of hydrogen-bond donors (Lipinski definition) is 2. The van der Waals surface area contributed by atoms with Gasteiger partial charge in [-0.25, -0.2) is 0 Å². The second-order valence-electron chi connectivity index (χ2n) is 8.14. The van der Waals surface area contributed by atoms with E-state index < -0.39 is 11.9 Å². The summed E-state index contributed by atoms with van der Waals surface area (Å²) in [5.74, 6) is 0.00276. The molecule has 0 saturated heterocycles. The maximum atomic E-state index is 12.9. The minimum atomic E-state index is -0.665. The number of rotatable bonds is 7. The Bertz CT molecular complexity index is 803. The molecule has 3 rings (SSSR count). The van der Waals surface area contributed by atoms with Crippen molar-refractivity contribution in [3.63, 3.8) is 0 Å². The molecule has 0 spiro atoms. The van der Waals surface area contributed by atoms with Gasteiger partial charge < -0.3 is 15.6 Å². The van der Waals surface area contributed by atoms with Crippen LogP contribution in [0.5, 0.6) is 0 Å². The molecule has 5 nitrogen and oxygen atoms in total. The minimum absolute atomic E-state index is 0.0499. The summed E-state index contributed by atoms with van der Waals surface area (Å²) in [6.07, 6.45) is 9.77. The number of nitrogens with zero attached hydrogens (tertiary/aromatic N) is 1. The van der Waals surface area contributed by atoms with E-state index >= 15 is 0 Å². The molecule has 1 aromatic heterocycles. The summed E-state index contributed by atoms with van der Waals surface area (Å²) >= 11 is 0. The zero-order valence-electron chi connectivity index (χ0n) is 16.4. The topological polar surface area (TPSA) is 77.1 Å². The molecular weight excluding hydrogens is 338 g/mol. The van der Waals surface area contributed by atoms with Crippen LogP contribution in [0.25, 0.3) is 10.9 Å². The van der Waals surface area contributed by atoms with Crippen LogP contribution < -0.4 is 11.1 Å². The van der Waals surface area contributed by atoms with E-state index in [0.29, 0.717) is 5.56 Å². The average molecular weight is 370 g/mol. The average Bonchev–Trinajstić information content (AvgIpc) is 3.03. The highest BCUT2D eigenvalue weighted by molar-refractivity contribution is 6.08. The van der Waals surface area contributed by atoms with Crippen LogP contribution in [-0.4, -0.2) is 22.4 Å². The zero-order valence-corrected chi connectivity index (χ0v) is 16.4. The van der Waals surface area contributed by atoms with Crippen molar-refractivity contribution in [2.75, 3.05) is 0 Å². The Labute approximate surface area is 161 Å². The second kappa shape index (κ2) is 8.59. The fourth-order valence-corrected chi connectivity index (χ4v) is 4.20. The fourth-order valence-electron chi connectivity index (χ4n) is 4.20. The summed E-state index contributed by atoms with van der Waals surface area (Å²) in [5, 5.41) is 3.74. The first-order valence-corrected chi connectivity index (χ1v) is 10.2. The first-order chi connectivity index (χ1) is 13.0. The summed E-state index contributed by atoms with van der Waals surface area (Å²) in [6, 6.07) is 7.30. The molecule has 1 atom stereocenters. The predicted octanol–water partition coefficient (Wildman–Crippen LogP) is 3.85. The highest BCUT2D eigenvalue weighted by Gasteiger charge is 2.24. The Morgan fingerprint density at radius 1 is 1.19 bits per heavy atom. The monoisotopic (exact) mass is 369 g/mol. The third-order valence-corrected chi connectivity index (χ3v) is 5.80. The van der Waals surface area contributed by atoms with Gasteiger partial charge in [0.2, 0.25) is 5.91 Å². The lowest BCUT2D eigenvalue weighted by Gasteiger charge is -2.21. The maximum Gasteiger partial charge on any atom is 0.254 e. The summed E-state index contributed by atoms with van der Waals surface area (Å²) < 4.78 is 2.19. The van der Waals surface area contributed by atoms with Crippen LogP contribution in [0.2, 0.25) is 0 Å². The van der Waals surface area contributed by atoms with Crippen LogP contribution >= 0.6 is 0 Å². The van der Waals surface area contributed by atoms with E-state index in [1.165, 1.54) is 32.1 Å². The Kier molecular flexibility index (Phi) is 6.19. The van der Waals surface area contributed by atoms with E-state index in [2.05, 4.69) is 16.0 Å². The first-order valence-electron chi connectivity index (χ1n) is 10.2. The number of carbonyl (C=O) groups excluding carboxylic acids is 2. The van der Waals surface area contributed by atoms with Gasteiger partial charge in [0.15, 0.2) is 0 Å². The molecule has 0 bridgehead atoms. The number of carbonyl (C=O) groups is 2. The quantitative estimate of drug-likeness (QED) is 0.777. The molecule has 0 unspecified atom stereocenters. The van der Waals surface area contributed by atoms with E-state index in [1.807, 2.05) is 38.2 Å². The Morgan fingerprint density at radius 3 is 2.56 bits per heavy atom. The van der Waals surface area contributed by atoms with Crippen LogP contribution in [-0.2, 0) is 11.3 Å². The summed E-state index contributed by atoms with van der Waals surface area (Å²) in [6.45, 7) is 4.67. The number of para-hydroxylation sites is 1. The van der Waals surface area contributed by atoms with Crippen molar-refractivity contribution >= 4 is 22.7 Å². The van der Waals surface area contributed by atoms with Crippen LogP contribution in [0.1, 0.15) is 62.7 Å². The number of nitrogens with two attached hydrogens (primary N) is 1. The largest absolute Gasteiger partial charge is 0.368 e. The van der Waals surface area contributed by atoms with Gasteiger partial charge in [-0.2, -0.15) is 0 Å². The van der Waals surface area contributed by atoms with Crippen LogP contribution in [0.3, 0.4) is 0 Å². The Morgan fingerprint density at radius 2 is 1.89 bits per heavy atom. The van der Waals surface area contributed by atoms with Gasteiger partial charge in [0, 0.05) is 23.6 Å². The van der Waals surface area contributed by atoms with Crippen LogP contribution in [0.4, 0.5) is 0 Å². The van der Waals surface area contributed by atoms with Crippen LogP contribution in [0, 0.1) is 11.8 Å².